The van der Waals surface area contributed by atoms with Crippen LogP contribution in [-0.2, 0) is 17.8 Å². The molecular weight excluding hydrogens is 336 g/mol. The van der Waals surface area contributed by atoms with Gasteiger partial charge in [0.05, 0.1) is 11.6 Å². The minimum Gasteiger partial charge on any atom is -0.338 e. The van der Waals surface area contributed by atoms with Crippen LogP contribution in [0.1, 0.15) is 60.2 Å². The molecule has 0 atom stereocenters. The summed E-state index contributed by atoms with van der Waals surface area (Å²) in [6.45, 7) is 5.25. The van der Waals surface area contributed by atoms with Gasteiger partial charge in [-0.25, -0.2) is 0 Å². The van der Waals surface area contributed by atoms with Gasteiger partial charge in [0.15, 0.2) is 5.78 Å². The smallest absolute Gasteiger partial charge is 0.223 e. The van der Waals surface area contributed by atoms with Gasteiger partial charge in [-0.2, -0.15) is 5.26 Å². The number of rotatable bonds is 9. The van der Waals surface area contributed by atoms with Crippen molar-refractivity contribution in [2.75, 3.05) is 6.54 Å². The lowest BCUT2D eigenvalue weighted by atomic mass is 10.0. The maximum absolute atomic E-state index is 12.6. The van der Waals surface area contributed by atoms with E-state index in [9.17, 15) is 9.59 Å². The second-order valence-corrected chi connectivity index (χ2v) is 6.60. The summed E-state index contributed by atoms with van der Waals surface area (Å²) in [6, 6.07) is 16.9. The Morgan fingerprint density at radius 2 is 1.56 bits per heavy atom. The summed E-state index contributed by atoms with van der Waals surface area (Å²) in [4.78, 5) is 26.8. The molecule has 2 rings (SSSR count). The second kappa shape index (κ2) is 10.3. The number of hydrogen-bond acceptors (Lipinski definition) is 3. The number of amides is 1. The van der Waals surface area contributed by atoms with E-state index in [1.165, 1.54) is 5.56 Å². The van der Waals surface area contributed by atoms with Gasteiger partial charge in [-0.05, 0) is 36.1 Å². The molecule has 0 unspecified atom stereocenters. The Kier molecular flexibility index (Phi) is 7.76. The molecule has 0 saturated carbocycles. The third kappa shape index (κ3) is 6.07. The van der Waals surface area contributed by atoms with Gasteiger partial charge < -0.3 is 4.90 Å². The fraction of sp³-hybridized carbons (Fsp3) is 0.348. The molecule has 0 spiro atoms. The zero-order valence-electron chi connectivity index (χ0n) is 16.1. The summed E-state index contributed by atoms with van der Waals surface area (Å²) in [6.07, 6.45) is 2.23. The lowest BCUT2D eigenvalue weighted by Gasteiger charge is -2.22. The number of benzene rings is 2. The molecule has 2 aromatic rings. The zero-order valence-corrected chi connectivity index (χ0v) is 16.1. The highest BCUT2D eigenvalue weighted by molar-refractivity contribution is 5.98. The molecule has 4 nitrogen and oxygen atoms in total. The Labute approximate surface area is 161 Å². The van der Waals surface area contributed by atoms with E-state index in [0.29, 0.717) is 24.2 Å². The molecule has 27 heavy (non-hydrogen) atoms. The quantitative estimate of drug-likeness (QED) is 0.616. The molecule has 0 heterocycles. The van der Waals surface area contributed by atoms with Crippen molar-refractivity contribution in [3.8, 4) is 6.07 Å². The van der Waals surface area contributed by atoms with Gasteiger partial charge in [0, 0.05) is 31.5 Å². The minimum absolute atomic E-state index is 0.000764. The van der Waals surface area contributed by atoms with Crippen LogP contribution in [0.15, 0.2) is 48.5 Å². The van der Waals surface area contributed by atoms with Crippen molar-refractivity contribution in [2.24, 2.45) is 0 Å². The topological polar surface area (TPSA) is 61.2 Å². The van der Waals surface area contributed by atoms with Crippen LogP contribution in [0.25, 0.3) is 0 Å². The molecule has 0 aliphatic heterocycles. The van der Waals surface area contributed by atoms with Crippen molar-refractivity contribution in [3.63, 3.8) is 0 Å². The first-order chi connectivity index (χ1) is 13.1. The lowest BCUT2D eigenvalue weighted by Crippen LogP contribution is -2.31. The van der Waals surface area contributed by atoms with Gasteiger partial charge in [0.1, 0.15) is 0 Å². The average molecular weight is 362 g/mol. The molecule has 0 aliphatic carbocycles. The van der Waals surface area contributed by atoms with Crippen LogP contribution in [0.4, 0.5) is 0 Å². The maximum atomic E-state index is 12.6. The van der Waals surface area contributed by atoms with Crippen molar-refractivity contribution in [3.05, 3.63) is 70.8 Å². The van der Waals surface area contributed by atoms with Gasteiger partial charge in [-0.15, -0.1) is 0 Å². The van der Waals surface area contributed by atoms with Crippen molar-refractivity contribution < 1.29 is 9.59 Å². The number of nitriles is 1. The van der Waals surface area contributed by atoms with Gasteiger partial charge in [-0.3, -0.25) is 9.59 Å². The van der Waals surface area contributed by atoms with Crippen molar-refractivity contribution in [2.45, 2.75) is 46.1 Å². The van der Waals surface area contributed by atoms with Crippen LogP contribution < -0.4 is 0 Å². The molecule has 0 radical (unpaired) electrons. The molecule has 2 aromatic carbocycles. The predicted molar refractivity (Wildman–Crippen MR) is 106 cm³/mol. The summed E-state index contributed by atoms with van der Waals surface area (Å²) in [5, 5.41) is 8.88. The van der Waals surface area contributed by atoms with E-state index < -0.39 is 0 Å². The summed E-state index contributed by atoms with van der Waals surface area (Å²) in [7, 11) is 0. The number of Topliss-reactive ketones (excluding diaryl/α,β-unsaturated/α-hetero) is 1. The maximum Gasteiger partial charge on any atom is 0.223 e. The van der Waals surface area contributed by atoms with Gasteiger partial charge in [0.2, 0.25) is 5.91 Å². The van der Waals surface area contributed by atoms with Gasteiger partial charge in [0.25, 0.3) is 0 Å². The van der Waals surface area contributed by atoms with Crippen LogP contribution in [0.5, 0.6) is 0 Å². The Morgan fingerprint density at radius 3 is 2.11 bits per heavy atom. The normalized spacial score (nSPS) is 10.3. The predicted octanol–water partition coefficient (Wildman–Crippen LogP) is 4.52. The largest absolute Gasteiger partial charge is 0.338 e. The van der Waals surface area contributed by atoms with Crippen molar-refractivity contribution >= 4 is 11.7 Å². The third-order valence-corrected chi connectivity index (χ3v) is 4.55. The molecule has 0 bridgehead atoms. The molecule has 0 aliphatic rings. The van der Waals surface area contributed by atoms with E-state index in [0.717, 1.165) is 18.4 Å². The highest BCUT2D eigenvalue weighted by Crippen LogP contribution is 2.12. The number of aryl methyl sites for hydroxylation is 1. The van der Waals surface area contributed by atoms with Crippen LogP contribution in [0, 0.1) is 11.3 Å². The third-order valence-electron chi connectivity index (χ3n) is 4.55. The van der Waals surface area contributed by atoms with Crippen molar-refractivity contribution in [1.82, 2.24) is 4.90 Å². The van der Waals surface area contributed by atoms with Crippen LogP contribution in [0.3, 0.4) is 0 Å². The van der Waals surface area contributed by atoms with Crippen molar-refractivity contribution in [1.29, 1.82) is 5.26 Å². The molecule has 0 saturated heterocycles. The number of hydrogen-bond donors (Lipinski definition) is 0. The van der Waals surface area contributed by atoms with E-state index in [1.807, 2.05) is 43.3 Å². The van der Waals surface area contributed by atoms with Crippen LogP contribution in [-0.4, -0.2) is 23.1 Å². The molecule has 0 N–H and O–H groups in total. The van der Waals surface area contributed by atoms with Gasteiger partial charge >= 0.3 is 0 Å². The molecule has 0 aromatic heterocycles. The SMILES string of the molecule is CCCN(Cc1ccc(C#N)cc1)C(=O)CCC(=O)c1ccc(CC)cc1. The van der Waals surface area contributed by atoms with Gasteiger partial charge in [-0.1, -0.05) is 50.2 Å². The number of ketones is 1. The average Bonchev–Trinajstić information content (AvgIpc) is 2.72. The monoisotopic (exact) mass is 362 g/mol. The first-order valence-electron chi connectivity index (χ1n) is 9.46. The molecular formula is C23H26N2O2. The van der Waals surface area contributed by atoms with Crippen LogP contribution in [0.2, 0.25) is 0 Å². The number of nitrogens with zero attached hydrogens (tertiary/aromatic N) is 2. The second-order valence-electron chi connectivity index (χ2n) is 6.60. The Balaban J connectivity index is 1.94. The van der Waals surface area contributed by atoms with E-state index in [4.69, 9.17) is 5.26 Å². The zero-order chi connectivity index (χ0) is 19.6. The first-order valence-corrected chi connectivity index (χ1v) is 9.46. The first kappa shape index (κ1) is 20.4. The Bertz CT molecular complexity index is 802. The Hall–Kier alpha value is -2.93. The summed E-state index contributed by atoms with van der Waals surface area (Å²) in [5.74, 6) is -0.0134. The Morgan fingerprint density at radius 1 is 0.926 bits per heavy atom. The highest BCUT2D eigenvalue weighted by atomic mass is 16.2. The number of carbonyl (C=O) groups excluding carboxylic acids is 2. The summed E-state index contributed by atoms with van der Waals surface area (Å²) >= 11 is 0. The standard InChI is InChI=1S/C23H26N2O2/c1-3-15-25(17-20-7-5-19(16-24)6-8-20)23(27)14-13-22(26)21-11-9-18(4-2)10-12-21/h5-12H,3-4,13-15,17H2,1-2H3. The minimum atomic E-state index is -0.0141. The molecule has 1 amide bonds. The van der Waals surface area contributed by atoms with E-state index in [2.05, 4.69) is 13.0 Å². The summed E-state index contributed by atoms with van der Waals surface area (Å²) in [5.41, 5.74) is 3.44. The van der Waals surface area contributed by atoms with E-state index >= 15 is 0 Å². The summed E-state index contributed by atoms with van der Waals surface area (Å²) < 4.78 is 0. The van der Waals surface area contributed by atoms with E-state index in [-0.39, 0.29) is 24.5 Å². The molecule has 140 valence electrons. The fourth-order valence-electron chi connectivity index (χ4n) is 2.92. The van der Waals surface area contributed by atoms with Crippen LogP contribution >= 0.6 is 0 Å². The van der Waals surface area contributed by atoms with E-state index in [1.54, 1.807) is 17.0 Å². The highest BCUT2D eigenvalue weighted by Gasteiger charge is 2.16. The fourth-order valence-corrected chi connectivity index (χ4v) is 2.92. The molecule has 0 fully saturated rings. The lowest BCUT2D eigenvalue weighted by molar-refractivity contribution is -0.131. The number of carbonyl (C=O) groups is 2. The molecule has 4 heteroatoms.